The van der Waals surface area contributed by atoms with Crippen LogP contribution in [-0.4, -0.2) is 43.5 Å². The number of sulfone groups is 1. The third-order valence-electron chi connectivity index (χ3n) is 4.47. The van der Waals surface area contributed by atoms with Crippen LogP contribution in [0.5, 0.6) is 0 Å². The first-order chi connectivity index (χ1) is 12.3. The van der Waals surface area contributed by atoms with Crippen LogP contribution in [0.15, 0.2) is 28.7 Å². The third kappa shape index (κ3) is 4.94. The van der Waals surface area contributed by atoms with E-state index in [0.717, 1.165) is 11.5 Å². The largest absolute Gasteiger partial charge is 0.354 e. The van der Waals surface area contributed by atoms with E-state index >= 15 is 0 Å². The Morgan fingerprint density at radius 2 is 2.15 bits per heavy atom. The zero-order chi connectivity index (χ0) is 18.7. The highest BCUT2D eigenvalue weighted by atomic mass is 32.2. The predicted octanol–water partition coefficient (Wildman–Crippen LogP) is 2.74. The molecule has 1 aliphatic heterocycles. The second-order valence-corrected chi connectivity index (χ2v) is 10.3. The highest BCUT2D eigenvalue weighted by Gasteiger charge is 2.27. The number of benzene rings is 1. The lowest BCUT2D eigenvalue weighted by molar-refractivity contribution is 0.584. The molecule has 142 valence electrons. The number of aromatic nitrogens is 1. The second-order valence-electron chi connectivity index (χ2n) is 7.20. The molecular formula is C18H26N4O2S2. The van der Waals surface area contributed by atoms with Crippen LogP contribution in [0.4, 0.5) is 0 Å². The molecule has 8 heteroatoms. The molecule has 2 N–H and O–H groups in total. The minimum atomic E-state index is -2.86. The Balaban J connectivity index is 1.69. The van der Waals surface area contributed by atoms with Gasteiger partial charge in [0.05, 0.1) is 33.3 Å². The van der Waals surface area contributed by atoms with Crippen LogP contribution in [0.25, 0.3) is 10.2 Å². The van der Waals surface area contributed by atoms with Gasteiger partial charge in [0.25, 0.3) is 0 Å². The Labute approximate surface area is 159 Å². The Hall–Kier alpha value is -1.67. The molecule has 0 spiro atoms. The van der Waals surface area contributed by atoms with Gasteiger partial charge in [-0.15, -0.1) is 11.3 Å². The van der Waals surface area contributed by atoms with Crippen molar-refractivity contribution < 1.29 is 8.42 Å². The van der Waals surface area contributed by atoms with E-state index in [9.17, 15) is 8.42 Å². The number of hydrogen-bond donors (Lipinski definition) is 2. The summed E-state index contributed by atoms with van der Waals surface area (Å²) in [5.41, 5.74) is 4.04. The summed E-state index contributed by atoms with van der Waals surface area (Å²) < 4.78 is 24.4. The molecule has 2 aromatic rings. The number of fused-ring (bicyclic) bond motifs is 1. The number of nitrogens with one attached hydrogen (secondary N) is 2. The van der Waals surface area contributed by atoms with E-state index in [1.54, 1.807) is 11.3 Å². The van der Waals surface area contributed by atoms with Gasteiger partial charge in [-0.25, -0.2) is 13.4 Å². The molecular weight excluding hydrogens is 368 g/mol. The van der Waals surface area contributed by atoms with Gasteiger partial charge < -0.3 is 10.6 Å². The molecule has 1 aromatic heterocycles. The predicted molar refractivity (Wildman–Crippen MR) is 109 cm³/mol. The molecule has 0 bridgehead atoms. The Morgan fingerprint density at radius 1 is 1.35 bits per heavy atom. The highest BCUT2D eigenvalue weighted by molar-refractivity contribution is 7.91. The zero-order valence-electron chi connectivity index (χ0n) is 15.4. The van der Waals surface area contributed by atoms with Crippen molar-refractivity contribution in [2.24, 2.45) is 10.9 Å². The molecule has 0 aliphatic carbocycles. The SMILES string of the molecule is CC(C)NC(=NCC1CCS(=O)(=O)C1)NC(C)c1ccc2ncsc2c1. The molecule has 3 rings (SSSR count). The molecule has 1 fully saturated rings. The fourth-order valence-electron chi connectivity index (χ4n) is 3.07. The molecule has 6 nitrogen and oxygen atoms in total. The van der Waals surface area contributed by atoms with Gasteiger partial charge in [-0.3, -0.25) is 4.99 Å². The van der Waals surface area contributed by atoms with Crippen molar-refractivity contribution in [3.8, 4) is 0 Å². The van der Waals surface area contributed by atoms with Crippen LogP contribution in [0.3, 0.4) is 0 Å². The van der Waals surface area contributed by atoms with Crippen molar-refractivity contribution in [1.82, 2.24) is 15.6 Å². The zero-order valence-corrected chi connectivity index (χ0v) is 17.0. The summed E-state index contributed by atoms with van der Waals surface area (Å²) in [5.74, 6) is 1.39. The normalized spacial score (nSPS) is 21.2. The van der Waals surface area contributed by atoms with E-state index in [4.69, 9.17) is 0 Å². The lowest BCUT2D eigenvalue weighted by atomic mass is 10.1. The number of hydrogen-bond acceptors (Lipinski definition) is 5. The average Bonchev–Trinajstić information content (AvgIpc) is 3.17. The second kappa shape index (κ2) is 7.92. The first-order valence-electron chi connectivity index (χ1n) is 8.93. The van der Waals surface area contributed by atoms with Gasteiger partial charge >= 0.3 is 0 Å². The van der Waals surface area contributed by atoms with Crippen molar-refractivity contribution in [1.29, 1.82) is 0 Å². The van der Waals surface area contributed by atoms with Crippen LogP contribution in [0, 0.1) is 5.92 Å². The molecule has 1 aromatic carbocycles. The van der Waals surface area contributed by atoms with Gasteiger partial charge in [-0.05, 0) is 50.8 Å². The van der Waals surface area contributed by atoms with Crippen LogP contribution >= 0.6 is 11.3 Å². The number of aliphatic imine (C=N–C) groups is 1. The average molecular weight is 395 g/mol. The maximum atomic E-state index is 11.6. The summed E-state index contributed by atoms with van der Waals surface area (Å²) >= 11 is 1.63. The molecule has 2 unspecified atom stereocenters. The number of nitrogens with zero attached hydrogens (tertiary/aromatic N) is 2. The monoisotopic (exact) mass is 394 g/mol. The molecule has 0 saturated carbocycles. The van der Waals surface area contributed by atoms with Gasteiger partial charge in [0.15, 0.2) is 15.8 Å². The molecule has 1 aliphatic rings. The lowest BCUT2D eigenvalue weighted by Gasteiger charge is -2.21. The molecule has 0 amide bonds. The Bertz CT molecular complexity index is 889. The van der Waals surface area contributed by atoms with Crippen molar-refractivity contribution in [3.05, 3.63) is 29.3 Å². The van der Waals surface area contributed by atoms with Gasteiger partial charge in [0.2, 0.25) is 0 Å². The third-order valence-corrected chi connectivity index (χ3v) is 7.10. The van der Waals surface area contributed by atoms with E-state index in [2.05, 4.69) is 53.5 Å². The molecule has 0 radical (unpaired) electrons. The minimum absolute atomic E-state index is 0.0822. The van der Waals surface area contributed by atoms with Crippen molar-refractivity contribution >= 4 is 37.4 Å². The summed E-state index contributed by atoms with van der Waals surface area (Å²) in [6, 6.07) is 6.59. The van der Waals surface area contributed by atoms with E-state index in [1.807, 2.05) is 11.6 Å². The summed E-state index contributed by atoms with van der Waals surface area (Å²) in [6.45, 7) is 6.75. The summed E-state index contributed by atoms with van der Waals surface area (Å²) in [7, 11) is -2.86. The van der Waals surface area contributed by atoms with Crippen molar-refractivity contribution in [2.45, 2.75) is 39.3 Å². The van der Waals surface area contributed by atoms with E-state index < -0.39 is 9.84 Å². The van der Waals surface area contributed by atoms with Crippen LogP contribution in [0.1, 0.15) is 38.8 Å². The molecule has 26 heavy (non-hydrogen) atoms. The first-order valence-corrected chi connectivity index (χ1v) is 11.6. The van der Waals surface area contributed by atoms with Crippen LogP contribution < -0.4 is 10.6 Å². The summed E-state index contributed by atoms with van der Waals surface area (Å²) in [6.07, 6.45) is 0.707. The quantitative estimate of drug-likeness (QED) is 0.602. The smallest absolute Gasteiger partial charge is 0.191 e. The van der Waals surface area contributed by atoms with Gasteiger partial charge in [0, 0.05) is 12.6 Å². The van der Waals surface area contributed by atoms with Crippen LogP contribution in [0.2, 0.25) is 0 Å². The Morgan fingerprint density at radius 3 is 2.85 bits per heavy atom. The summed E-state index contributed by atoms with van der Waals surface area (Å²) in [4.78, 5) is 8.97. The maximum absolute atomic E-state index is 11.6. The van der Waals surface area contributed by atoms with Crippen LogP contribution in [-0.2, 0) is 9.84 Å². The molecule has 2 heterocycles. The topological polar surface area (TPSA) is 83.5 Å². The van der Waals surface area contributed by atoms with Crippen molar-refractivity contribution in [3.63, 3.8) is 0 Å². The Kier molecular flexibility index (Phi) is 5.82. The van der Waals surface area contributed by atoms with Crippen molar-refractivity contribution in [2.75, 3.05) is 18.1 Å². The summed E-state index contributed by atoms with van der Waals surface area (Å²) in [5, 5.41) is 6.78. The maximum Gasteiger partial charge on any atom is 0.191 e. The van der Waals surface area contributed by atoms with Gasteiger partial charge in [0.1, 0.15) is 0 Å². The van der Waals surface area contributed by atoms with E-state index in [0.29, 0.717) is 18.7 Å². The van der Waals surface area contributed by atoms with Gasteiger partial charge in [-0.1, -0.05) is 6.07 Å². The number of rotatable bonds is 5. The lowest BCUT2D eigenvalue weighted by Crippen LogP contribution is -2.42. The first kappa shape index (κ1) is 19.1. The molecule has 2 atom stereocenters. The number of guanidine groups is 1. The fraction of sp³-hybridized carbons (Fsp3) is 0.556. The number of thiazole rings is 1. The van der Waals surface area contributed by atoms with E-state index in [1.165, 1.54) is 10.3 Å². The molecule has 1 saturated heterocycles. The highest BCUT2D eigenvalue weighted by Crippen LogP contribution is 2.23. The fourth-order valence-corrected chi connectivity index (χ4v) is 5.65. The minimum Gasteiger partial charge on any atom is -0.354 e. The standard InChI is InChI=1S/C18H26N4O2S2/c1-12(2)21-18(19-9-14-6-7-26(23,24)10-14)22-13(3)15-4-5-16-17(8-15)25-11-20-16/h4-5,8,11-14H,6-7,9-10H2,1-3H3,(H2,19,21,22). The van der Waals surface area contributed by atoms with E-state index in [-0.39, 0.29) is 23.8 Å². The van der Waals surface area contributed by atoms with Gasteiger partial charge in [-0.2, -0.15) is 0 Å².